The quantitative estimate of drug-likeness (QED) is 0.825. The van der Waals surface area contributed by atoms with Gasteiger partial charge in [-0.1, -0.05) is 45.0 Å². The number of aryl methyl sites for hydroxylation is 1. The van der Waals surface area contributed by atoms with Gasteiger partial charge in [-0.15, -0.1) is 0 Å². The van der Waals surface area contributed by atoms with E-state index in [1.54, 1.807) is 6.26 Å². The van der Waals surface area contributed by atoms with Crippen molar-refractivity contribution in [3.05, 3.63) is 59.0 Å². The molecule has 2 aromatic rings. The van der Waals surface area contributed by atoms with Crippen LogP contribution < -0.4 is 5.32 Å². The zero-order valence-electron chi connectivity index (χ0n) is 14.9. The average Bonchev–Trinajstić information content (AvgIpc) is 2.80. The summed E-state index contributed by atoms with van der Waals surface area (Å²) in [5.74, 6) is 0.999. The van der Waals surface area contributed by atoms with Gasteiger partial charge in [-0.2, -0.15) is 0 Å². The van der Waals surface area contributed by atoms with Crippen LogP contribution in [-0.2, 0) is 5.41 Å². The van der Waals surface area contributed by atoms with Gasteiger partial charge >= 0.3 is 0 Å². The Kier molecular flexibility index (Phi) is 4.53. The molecular weight excluding hydrogens is 270 g/mol. The first-order valence-electron chi connectivity index (χ1n) is 8.00. The molecule has 1 heterocycles. The van der Waals surface area contributed by atoms with Crippen LogP contribution in [0, 0.1) is 6.92 Å². The Hall–Kier alpha value is -1.54. The van der Waals surface area contributed by atoms with Crippen LogP contribution >= 0.6 is 0 Å². The molecule has 2 nitrogen and oxygen atoms in total. The fraction of sp³-hybridized carbons (Fsp3) is 0.500. The molecule has 1 aromatic heterocycles. The van der Waals surface area contributed by atoms with Crippen LogP contribution in [0.3, 0.4) is 0 Å². The van der Waals surface area contributed by atoms with Crippen molar-refractivity contribution in [2.75, 3.05) is 0 Å². The maximum absolute atomic E-state index is 5.76. The van der Waals surface area contributed by atoms with Gasteiger partial charge in [0.15, 0.2) is 0 Å². The summed E-state index contributed by atoms with van der Waals surface area (Å²) < 4.78 is 5.76. The molecule has 0 saturated carbocycles. The van der Waals surface area contributed by atoms with Gasteiger partial charge in [0.05, 0.1) is 12.3 Å². The SMILES string of the molecule is Cc1ccoc1C(NC(C)(C)C)c1ccc(C(C)(C)C)cc1. The van der Waals surface area contributed by atoms with E-state index in [9.17, 15) is 0 Å². The molecule has 0 aliphatic carbocycles. The zero-order chi connectivity index (χ0) is 16.5. The van der Waals surface area contributed by atoms with Crippen molar-refractivity contribution in [2.24, 2.45) is 0 Å². The van der Waals surface area contributed by atoms with Gasteiger partial charge in [0.25, 0.3) is 0 Å². The van der Waals surface area contributed by atoms with Crippen LogP contribution in [-0.4, -0.2) is 5.54 Å². The normalized spacial score (nSPS) is 14.1. The fourth-order valence-electron chi connectivity index (χ4n) is 2.59. The van der Waals surface area contributed by atoms with Gasteiger partial charge in [0.1, 0.15) is 5.76 Å². The molecule has 0 spiro atoms. The van der Waals surface area contributed by atoms with Gasteiger partial charge < -0.3 is 4.42 Å². The highest BCUT2D eigenvalue weighted by atomic mass is 16.3. The summed E-state index contributed by atoms with van der Waals surface area (Å²) in [5, 5.41) is 3.68. The molecule has 1 atom stereocenters. The standard InChI is InChI=1S/C20H29NO/c1-14-12-13-22-18(14)17(21-20(5,6)7)15-8-10-16(11-9-15)19(2,3)4/h8-13,17,21H,1-7H3. The van der Waals surface area contributed by atoms with E-state index >= 15 is 0 Å². The lowest BCUT2D eigenvalue weighted by Crippen LogP contribution is -2.39. The molecule has 1 aromatic carbocycles. The van der Waals surface area contributed by atoms with Crippen molar-refractivity contribution in [2.45, 2.75) is 65.5 Å². The lowest BCUT2D eigenvalue weighted by atomic mass is 9.86. The van der Waals surface area contributed by atoms with Gasteiger partial charge in [0, 0.05) is 5.54 Å². The van der Waals surface area contributed by atoms with Crippen molar-refractivity contribution < 1.29 is 4.42 Å². The summed E-state index contributed by atoms with van der Waals surface area (Å²) >= 11 is 0. The average molecular weight is 299 g/mol. The van der Waals surface area contributed by atoms with Crippen LogP contribution in [0.25, 0.3) is 0 Å². The molecule has 2 heteroatoms. The Morgan fingerprint density at radius 1 is 0.909 bits per heavy atom. The molecule has 1 N–H and O–H groups in total. The number of hydrogen-bond acceptors (Lipinski definition) is 2. The highest BCUT2D eigenvalue weighted by Gasteiger charge is 2.25. The molecule has 0 fully saturated rings. The van der Waals surface area contributed by atoms with Gasteiger partial charge in [-0.3, -0.25) is 5.32 Å². The number of benzene rings is 1. The molecule has 0 saturated heterocycles. The third-order valence-corrected chi connectivity index (χ3v) is 3.85. The van der Waals surface area contributed by atoms with Gasteiger partial charge in [-0.05, 0) is 55.9 Å². The maximum atomic E-state index is 5.76. The molecule has 22 heavy (non-hydrogen) atoms. The smallest absolute Gasteiger partial charge is 0.128 e. The van der Waals surface area contributed by atoms with Gasteiger partial charge in [0.2, 0.25) is 0 Å². The van der Waals surface area contributed by atoms with Crippen LogP contribution in [0.4, 0.5) is 0 Å². The number of rotatable bonds is 3. The number of nitrogens with one attached hydrogen (secondary N) is 1. The topological polar surface area (TPSA) is 25.2 Å². The van der Waals surface area contributed by atoms with E-state index in [0.29, 0.717) is 0 Å². The lowest BCUT2D eigenvalue weighted by Gasteiger charge is -2.29. The monoisotopic (exact) mass is 299 g/mol. The van der Waals surface area contributed by atoms with E-state index < -0.39 is 0 Å². The molecule has 1 unspecified atom stereocenters. The first kappa shape index (κ1) is 16.8. The van der Waals surface area contributed by atoms with E-state index in [1.165, 1.54) is 16.7 Å². The second kappa shape index (κ2) is 5.92. The highest BCUT2D eigenvalue weighted by molar-refractivity contribution is 5.35. The summed E-state index contributed by atoms with van der Waals surface area (Å²) in [6.45, 7) is 15.4. The van der Waals surface area contributed by atoms with Crippen molar-refractivity contribution >= 4 is 0 Å². The summed E-state index contributed by atoms with van der Waals surface area (Å²) in [6.07, 6.45) is 1.77. The molecule has 0 aliphatic rings. The van der Waals surface area contributed by atoms with E-state index in [2.05, 4.69) is 78.0 Å². The van der Waals surface area contributed by atoms with Crippen LogP contribution in [0.15, 0.2) is 41.0 Å². The third-order valence-electron chi connectivity index (χ3n) is 3.85. The van der Waals surface area contributed by atoms with Crippen molar-refractivity contribution in [3.8, 4) is 0 Å². The molecular formula is C20H29NO. The Bertz CT molecular complexity index is 608. The van der Waals surface area contributed by atoms with Crippen LogP contribution in [0.5, 0.6) is 0 Å². The molecule has 120 valence electrons. The molecule has 0 bridgehead atoms. The fourth-order valence-corrected chi connectivity index (χ4v) is 2.59. The minimum Gasteiger partial charge on any atom is -0.467 e. The minimum atomic E-state index is 0.00654. The van der Waals surface area contributed by atoms with Crippen LogP contribution in [0.1, 0.15) is 70.0 Å². The van der Waals surface area contributed by atoms with Crippen molar-refractivity contribution in [1.82, 2.24) is 5.32 Å². The summed E-state index contributed by atoms with van der Waals surface area (Å²) in [6, 6.07) is 11.0. The van der Waals surface area contributed by atoms with E-state index in [4.69, 9.17) is 4.42 Å². The Balaban J connectivity index is 2.39. The first-order valence-corrected chi connectivity index (χ1v) is 8.00. The predicted molar refractivity (Wildman–Crippen MR) is 93.3 cm³/mol. The summed E-state index contributed by atoms with van der Waals surface area (Å²) in [7, 11) is 0. The summed E-state index contributed by atoms with van der Waals surface area (Å²) in [4.78, 5) is 0. The van der Waals surface area contributed by atoms with Crippen LogP contribution in [0.2, 0.25) is 0 Å². The molecule has 0 amide bonds. The summed E-state index contributed by atoms with van der Waals surface area (Å²) in [5.41, 5.74) is 3.95. The molecule has 2 rings (SSSR count). The van der Waals surface area contributed by atoms with Gasteiger partial charge in [-0.25, -0.2) is 0 Å². The van der Waals surface area contributed by atoms with E-state index in [1.807, 2.05) is 6.07 Å². The zero-order valence-corrected chi connectivity index (χ0v) is 14.9. The lowest BCUT2D eigenvalue weighted by molar-refractivity contribution is 0.350. The maximum Gasteiger partial charge on any atom is 0.128 e. The number of hydrogen-bond donors (Lipinski definition) is 1. The highest BCUT2D eigenvalue weighted by Crippen LogP contribution is 2.30. The first-order chi connectivity index (χ1) is 10.1. The molecule has 0 radical (unpaired) electrons. The second-order valence-electron chi connectivity index (χ2n) is 8.17. The van der Waals surface area contributed by atoms with E-state index in [-0.39, 0.29) is 17.0 Å². The number of furan rings is 1. The minimum absolute atomic E-state index is 0.00654. The van der Waals surface area contributed by atoms with Crippen molar-refractivity contribution in [3.63, 3.8) is 0 Å². The Morgan fingerprint density at radius 3 is 1.91 bits per heavy atom. The Labute approximate surface area is 134 Å². The Morgan fingerprint density at radius 2 is 1.50 bits per heavy atom. The third kappa shape index (κ3) is 4.01. The van der Waals surface area contributed by atoms with E-state index in [0.717, 1.165) is 5.76 Å². The molecule has 0 aliphatic heterocycles. The largest absolute Gasteiger partial charge is 0.467 e. The second-order valence-corrected chi connectivity index (χ2v) is 8.17. The predicted octanol–water partition coefficient (Wildman–Crippen LogP) is 5.36. The van der Waals surface area contributed by atoms with Crippen molar-refractivity contribution in [1.29, 1.82) is 0 Å².